The van der Waals surface area contributed by atoms with Crippen molar-refractivity contribution in [1.29, 1.82) is 0 Å². The van der Waals surface area contributed by atoms with Crippen LogP contribution in [0.1, 0.15) is 0 Å². The molecule has 0 amide bonds. The molecule has 2 aromatic carbocycles. The maximum atomic E-state index is 11.1. The number of nitro groups is 1. The first kappa shape index (κ1) is 20.0. The third-order valence-corrected chi connectivity index (χ3v) is 5.62. The van der Waals surface area contributed by atoms with Crippen molar-refractivity contribution in [2.45, 2.75) is 0 Å². The third kappa shape index (κ3) is 3.74. The van der Waals surface area contributed by atoms with Gasteiger partial charge in [0, 0.05) is 55.6 Å². The number of rotatable bonds is 5. The van der Waals surface area contributed by atoms with Crippen LogP contribution in [0, 0.1) is 10.1 Å². The lowest BCUT2D eigenvalue weighted by Gasteiger charge is -2.30. The molecule has 1 saturated heterocycles. The molecule has 5 rings (SSSR count). The molecule has 1 N–H and O–H groups in total. The van der Waals surface area contributed by atoms with Gasteiger partial charge in [0.1, 0.15) is 0 Å². The van der Waals surface area contributed by atoms with Crippen molar-refractivity contribution in [3.8, 4) is 11.3 Å². The fourth-order valence-corrected chi connectivity index (χ4v) is 4.04. The van der Waals surface area contributed by atoms with E-state index in [1.807, 2.05) is 42.1 Å². The van der Waals surface area contributed by atoms with E-state index in [-0.39, 0.29) is 10.6 Å². The average Bonchev–Trinajstić information content (AvgIpc) is 3.16. The number of non-ortho nitro benzene ring substituents is 1. The predicted molar refractivity (Wildman–Crippen MR) is 123 cm³/mol. The number of morpholine rings is 1. The van der Waals surface area contributed by atoms with Crippen LogP contribution in [-0.4, -0.2) is 45.8 Å². The number of hydrogen-bond acceptors (Lipinski definition) is 7. The molecule has 2 aromatic heterocycles. The van der Waals surface area contributed by atoms with Gasteiger partial charge in [0.2, 0.25) is 5.95 Å². The molecule has 0 radical (unpaired) electrons. The number of anilines is 3. The fourth-order valence-electron chi connectivity index (χ4n) is 4.04. The van der Waals surface area contributed by atoms with E-state index in [9.17, 15) is 10.1 Å². The minimum absolute atomic E-state index is 0.0648. The first-order valence-electron chi connectivity index (χ1n) is 10.4. The summed E-state index contributed by atoms with van der Waals surface area (Å²) in [4.78, 5) is 22.2. The Bertz CT molecular complexity index is 1300. The molecule has 1 fully saturated rings. The van der Waals surface area contributed by atoms with E-state index < -0.39 is 0 Å². The van der Waals surface area contributed by atoms with Gasteiger partial charge in [0.15, 0.2) is 0 Å². The Hall–Kier alpha value is -3.98. The number of hydrogen-bond donors (Lipinski definition) is 1. The summed E-state index contributed by atoms with van der Waals surface area (Å²) in [6.45, 7) is 3.09. The maximum absolute atomic E-state index is 11.1. The molecule has 9 heteroatoms. The Labute approximate surface area is 184 Å². The topological polar surface area (TPSA) is 98.4 Å². The number of para-hydroxylation sites is 2. The minimum Gasteiger partial charge on any atom is -0.378 e. The third-order valence-electron chi connectivity index (χ3n) is 5.62. The standard InChI is InChI=1S/C23H22N6O3/c1-27-15-18(17-7-6-16(29(30)31)14-22(17)27)19-8-9-24-23(25-19)26-20-4-2-3-5-21(20)28-10-12-32-13-11-28/h2-9,14-15H,10-13H2,1H3,(H,24,25,26). The molecule has 0 saturated carbocycles. The van der Waals surface area contributed by atoms with Crippen LogP contribution in [0.3, 0.4) is 0 Å². The summed E-state index contributed by atoms with van der Waals surface area (Å²) in [5, 5.41) is 15.4. The van der Waals surface area contributed by atoms with Crippen LogP contribution in [0.15, 0.2) is 60.9 Å². The summed E-state index contributed by atoms with van der Waals surface area (Å²) < 4.78 is 7.35. The molecule has 0 spiro atoms. The summed E-state index contributed by atoms with van der Waals surface area (Å²) in [5.41, 5.74) is 4.49. The number of nitrogens with zero attached hydrogens (tertiary/aromatic N) is 5. The highest BCUT2D eigenvalue weighted by molar-refractivity contribution is 5.96. The van der Waals surface area contributed by atoms with Crippen molar-refractivity contribution in [2.24, 2.45) is 7.05 Å². The van der Waals surface area contributed by atoms with Gasteiger partial charge in [-0.1, -0.05) is 12.1 Å². The molecule has 1 aliphatic heterocycles. The van der Waals surface area contributed by atoms with Crippen molar-refractivity contribution in [3.63, 3.8) is 0 Å². The molecule has 0 bridgehead atoms. The van der Waals surface area contributed by atoms with Crippen LogP contribution in [-0.2, 0) is 11.8 Å². The Morgan fingerprint density at radius 3 is 2.75 bits per heavy atom. The van der Waals surface area contributed by atoms with E-state index in [2.05, 4.69) is 21.3 Å². The van der Waals surface area contributed by atoms with Gasteiger partial charge in [-0.2, -0.15) is 0 Å². The Kier molecular flexibility index (Phi) is 5.16. The van der Waals surface area contributed by atoms with Crippen LogP contribution < -0.4 is 10.2 Å². The SMILES string of the molecule is Cn1cc(-c2ccnc(Nc3ccccc3N3CCOCC3)n2)c2ccc([N+](=O)[O-])cc21. The largest absolute Gasteiger partial charge is 0.378 e. The number of aromatic nitrogens is 3. The van der Waals surface area contributed by atoms with Gasteiger partial charge < -0.3 is 19.5 Å². The molecule has 0 aliphatic carbocycles. The molecule has 9 nitrogen and oxygen atoms in total. The van der Waals surface area contributed by atoms with Crippen LogP contribution in [0.25, 0.3) is 22.2 Å². The lowest BCUT2D eigenvalue weighted by molar-refractivity contribution is -0.384. The van der Waals surface area contributed by atoms with Crippen molar-refractivity contribution < 1.29 is 9.66 Å². The zero-order chi connectivity index (χ0) is 22.1. The number of nitro benzene ring substituents is 1. The predicted octanol–water partition coefficient (Wildman–Crippen LogP) is 4.12. The van der Waals surface area contributed by atoms with Gasteiger partial charge in [-0.15, -0.1) is 0 Å². The second-order valence-electron chi connectivity index (χ2n) is 7.62. The molecule has 0 atom stereocenters. The van der Waals surface area contributed by atoms with E-state index in [1.165, 1.54) is 6.07 Å². The highest BCUT2D eigenvalue weighted by atomic mass is 16.6. The summed E-state index contributed by atoms with van der Waals surface area (Å²) in [7, 11) is 1.87. The van der Waals surface area contributed by atoms with Crippen molar-refractivity contribution in [1.82, 2.24) is 14.5 Å². The van der Waals surface area contributed by atoms with Crippen molar-refractivity contribution >= 4 is 33.9 Å². The van der Waals surface area contributed by atoms with E-state index in [4.69, 9.17) is 9.72 Å². The second kappa shape index (κ2) is 8.27. The normalized spacial score (nSPS) is 14.0. The molecule has 4 aromatic rings. The van der Waals surface area contributed by atoms with E-state index in [0.29, 0.717) is 19.2 Å². The second-order valence-corrected chi connectivity index (χ2v) is 7.62. The summed E-state index contributed by atoms with van der Waals surface area (Å²) in [5.74, 6) is 0.488. The molecule has 3 heterocycles. The van der Waals surface area contributed by atoms with Crippen molar-refractivity contribution in [3.05, 3.63) is 71.0 Å². The van der Waals surface area contributed by atoms with E-state index in [0.717, 1.165) is 46.6 Å². The Morgan fingerprint density at radius 2 is 1.94 bits per heavy atom. The number of fused-ring (bicyclic) bond motifs is 1. The molecular weight excluding hydrogens is 408 g/mol. The summed E-state index contributed by atoms with van der Waals surface area (Å²) in [6.07, 6.45) is 3.65. The maximum Gasteiger partial charge on any atom is 0.271 e. The van der Waals surface area contributed by atoms with Gasteiger partial charge in [0.05, 0.1) is 40.7 Å². The molecule has 0 unspecified atom stereocenters. The van der Waals surface area contributed by atoms with Gasteiger partial charge >= 0.3 is 0 Å². The smallest absolute Gasteiger partial charge is 0.271 e. The number of aryl methyl sites for hydroxylation is 1. The molecule has 1 aliphatic rings. The average molecular weight is 430 g/mol. The van der Waals surface area contributed by atoms with Crippen LogP contribution in [0.2, 0.25) is 0 Å². The van der Waals surface area contributed by atoms with Crippen molar-refractivity contribution in [2.75, 3.05) is 36.5 Å². The minimum atomic E-state index is -0.384. The lowest BCUT2D eigenvalue weighted by atomic mass is 10.1. The summed E-state index contributed by atoms with van der Waals surface area (Å²) >= 11 is 0. The van der Waals surface area contributed by atoms with E-state index >= 15 is 0 Å². The number of nitrogens with one attached hydrogen (secondary N) is 1. The molecule has 162 valence electrons. The van der Waals surface area contributed by atoms with Gasteiger partial charge in [-0.25, -0.2) is 9.97 Å². The van der Waals surface area contributed by atoms with Crippen LogP contribution >= 0.6 is 0 Å². The lowest BCUT2D eigenvalue weighted by Crippen LogP contribution is -2.36. The zero-order valence-electron chi connectivity index (χ0n) is 17.6. The van der Waals surface area contributed by atoms with Gasteiger partial charge in [-0.05, 0) is 24.3 Å². The highest BCUT2D eigenvalue weighted by Gasteiger charge is 2.17. The number of ether oxygens (including phenoxy) is 1. The molecular formula is C23H22N6O3. The van der Waals surface area contributed by atoms with Crippen LogP contribution in [0.4, 0.5) is 23.0 Å². The van der Waals surface area contributed by atoms with E-state index in [1.54, 1.807) is 18.3 Å². The van der Waals surface area contributed by atoms with Gasteiger partial charge in [-0.3, -0.25) is 10.1 Å². The Balaban J connectivity index is 1.48. The summed E-state index contributed by atoms with van der Waals surface area (Å²) in [6, 6.07) is 14.8. The monoisotopic (exact) mass is 430 g/mol. The quantitative estimate of drug-likeness (QED) is 0.376. The highest BCUT2D eigenvalue weighted by Crippen LogP contribution is 2.33. The van der Waals surface area contributed by atoms with Gasteiger partial charge in [0.25, 0.3) is 5.69 Å². The zero-order valence-corrected chi connectivity index (χ0v) is 17.6. The van der Waals surface area contributed by atoms with Crippen LogP contribution in [0.5, 0.6) is 0 Å². The Morgan fingerprint density at radius 1 is 1.12 bits per heavy atom. The number of benzene rings is 2. The fraction of sp³-hybridized carbons (Fsp3) is 0.217. The first-order valence-corrected chi connectivity index (χ1v) is 10.4. The molecule has 32 heavy (non-hydrogen) atoms. The first-order chi connectivity index (χ1) is 15.6.